The Morgan fingerprint density at radius 1 is 1.67 bits per heavy atom. The second kappa shape index (κ2) is 4.07. The van der Waals surface area contributed by atoms with Crippen molar-refractivity contribution in [2.24, 2.45) is 0 Å². The average Bonchev–Trinajstić information content (AvgIpc) is 1.99. The van der Waals surface area contributed by atoms with Gasteiger partial charge in [0.1, 0.15) is 5.54 Å². The summed E-state index contributed by atoms with van der Waals surface area (Å²) in [5, 5.41) is 8.79. The van der Waals surface area contributed by atoms with E-state index in [1.54, 1.807) is 25.8 Å². The van der Waals surface area contributed by atoms with Crippen LogP contribution in [0.4, 0.5) is 0 Å². The molecule has 0 radical (unpaired) electrons. The summed E-state index contributed by atoms with van der Waals surface area (Å²) in [7, 11) is 1.71. The summed E-state index contributed by atoms with van der Waals surface area (Å²) in [4.78, 5) is 15.5. The molecular formula is C8H14N2O2. The molecule has 0 amide bonds. The summed E-state index contributed by atoms with van der Waals surface area (Å²) in [6, 6.07) is 0. The molecule has 0 rings (SSSR count). The summed E-state index contributed by atoms with van der Waals surface area (Å²) in [6.45, 7) is 10.6. The lowest BCUT2D eigenvalue weighted by Gasteiger charge is -2.29. The lowest BCUT2D eigenvalue weighted by Crippen LogP contribution is -2.48. The van der Waals surface area contributed by atoms with Crippen LogP contribution in [0.3, 0.4) is 0 Å². The summed E-state index contributed by atoms with van der Waals surface area (Å²) in [5.74, 6) is -0.866. The van der Waals surface area contributed by atoms with E-state index < -0.39 is 11.5 Å². The van der Waals surface area contributed by atoms with Crippen LogP contribution in [0.25, 0.3) is 4.85 Å². The molecule has 0 unspecified atom stereocenters. The standard InChI is InChI=1S/C8H14N2O2/c1-8(2,7(11)12)10(4)6-5-9-3/h5-6H2,1-2,4H3,(H,11,12). The Hall–Kier alpha value is -1.08. The molecule has 0 heterocycles. The first-order valence-corrected chi connectivity index (χ1v) is 3.70. The first-order valence-electron chi connectivity index (χ1n) is 3.70. The lowest BCUT2D eigenvalue weighted by atomic mass is 10.0. The highest BCUT2D eigenvalue weighted by Crippen LogP contribution is 2.11. The van der Waals surface area contributed by atoms with Crippen molar-refractivity contribution in [3.8, 4) is 0 Å². The van der Waals surface area contributed by atoms with Crippen molar-refractivity contribution in [2.75, 3.05) is 20.1 Å². The predicted octanol–water partition coefficient (Wildman–Crippen LogP) is 0.701. The molecule has 68 valence electrons. The predicted molar refractivity (Wildman–Crippen MR) is 45.8 cm³/mol. The summed E-state index contributed by atoms with van der Waals surface area (Å²) >= 11 is 0. The number of carbonyl (C=O) groups is 1. The minimum atomic E-state index is -0.884. The highest BCUT2D eigenvalue weighted by molar-refractivity contribution is 5.77. The number of hydrogen-bond donors (Lipinski definition) is 1. The van der Waals surface area contributed by atoms with Crippen LogP contribution in [0.5, 0.6) is 0 Å². The van der Waals surface area contributed by atoms with Crippen LogP contribution in [0.1, 0.15) is 13.8 Å². The maximum Gasteiger partial charge on any atom is 0.323 e. The molecule has 1 N–H and O–H groups in total. The van der Waals surface area contributed by atoms with Gasteiger partial charge in [-0.2, -0.15) is 0 Å². The maximum absolute atomic E-state index is 10.7. The van der Waals surface area contributed by atoms with Crippen molar-refractivity contribution in [1.29, 1.82) is 0 Å². The van der Waals surface area contributed by atoms with E-state index in [-0.39, 0.29) is 0 Å². The molecule has 0 atom stereocenters. The first kappa shape index (κ1) is 10.9. The van der Waals surface area contributed by atoms with E-state index in [9.17, 15) is 4.79 Å². The van der Waals surface area contributed by atoms with Gasteiger partial charge in [0.2, 0.25) is 6.54 Å². The zero-order valence-electron chi connectivity index (χ0n) is 7.66. The lowest BCUT2D eigenvalue weighted by molar-refractivity contribution is -0.148. The van der Waals surface area contributed by atoms with Gasteiger partial charge in [0, 0.05) is 0 Å². The van der Waals surface area contributed by atoms with Gasteiger partial charge in [-0.3, -0.25) is 9.69 Å². The zero-order chi connectivity index (χ0) is 9.78. The van der Waals surface area contributed by atoms with Crippen molar-refractivity contribution in [1.82, 2.24) is 4.90 Å². The van der Waals surface area contributed by atoms with Crippen LogP contribution in [0, 0.1) is 6.57 Å². The molecule has 0 aromatic carbocycles. The Morgan fingerprint density at radius 2 is 2.17 bits per heavy atom. The number of nitrogens with zero attached hydrogens (tertiary/aromatic N) is 2. The normalized spacial score (nSPS) is 11.2. The molecule has 12 heavy (non-hydrogen) atoms. The molecule has 0 aromatic rings. The van der Waals surface area contributed by atoms with Gasteiger partial charge >= 0.3 is 5.97 Å². The molecule has 4 heteroatoms. The van der Waals surface area contributed by atoms with Gasteiger partial charge in [-0.1, -0.05) is 0 Å². The van der Waals surface area contributed by atoms with E-state index in [4.69, 9.17) is 11.7 Å². The van der Waals surface area contributed by atoms with E-state index in [2.05, 4.69) is 4.85 Å². The van der Waals surface area contributed by atoms with Gasteiger partial charge in [-0.15, -0.1) is 0 Å². The third-order valence-electron chi connectivity index (χ3n) is 2.02. The van der Waals surface area contributed by atoms with Crippen molar-refractivity contribution < 1.29 is 9.90 Å². The third-order valence-corrected chi connectivity index (χ3v) is 2.02. The quantitative estimate of drug-likeness (QED) is 0.632. The number of likely N-dealkylation sites (N-methyl/N-ethyl adjacent to an activating group) is 1. The molecule has 0 spiro atoms. The van der Waals surface area contributed by atoms with E-state index in [0.717, 1.165) is 0 Å². The zero-order valence-corrected chi connectivity index (χ0v) is 7.66. The number of aliphatic carboxylic acids is 1. The van der Waals surface area contributed by atoms with Crippen molar-refractivity contribution in [3.05, 3.63) is 11.4 Å². The molecule has 0 saturated carbocycles. The van der Waals surface area contributed by atoms with E-state index in [0.29, 0.717) is 13.1 Å². The number of carboxylic acid groups (broad SMARTS) is 1. The molecule has 0 aliphatic carbocycles. The summed E-state index contributed by atoms with van der Waals surface area (Å²) < 4.78 is 0. The second-order valence-electron chi connectivity index (χ2n) is 3.17. The smallest absolute Gasteiger partial charge is 0.323 e. The van der Waals surface area contributed by atoms with Gasteiger partial charge < -0.3 is 9.95 Å². The average molecular weight is 170 g/mol. The number of hydrogen-bond acceptors (Lipinski definition) is 2. The van der Waals surface area contributed by atoms with Crippen LogP contribution in [-0.2, 0) is 4.79 Å². The topological polar surface area (TPSA) is 44.9 Å². The number of rotatable bonds is 4. The molecule has 0 aliphatic heterocycles. The second-order valence-corrected chi connectivity index (χ2v) is 3.17. The Kier molecular flexibility index (Phi) is 3.71. The van der Waals surface area contributed by atoms with Crippen LogP contribution >= 0.6 is 0 Å². The molecule has 0 fully saturated rings. The van der Waals surface area contributed by atoms with E-state index >= 15 is 0 Å². The molecular weight excluding hydrogens is 156 g/mol. The molecule has 0 bridgehead atoms. The molecule has 4 nitrogen and oxygen atoms in total. The highest BCUT2D eigenvalue weighted by atomic mass is 16.4. The van der Waals surface area contributed by atoms with Gasteiger partial charge in [0.25, 0.3) is 0 Å². The van der Waals surface area contributed by atoms with Crippen LogP contribution in [-0.4, -0.2) is 41.7 Å². The van der Waals surface area contributed by atoms with Gasteiger partial charge in [0.05, 0.1) is 6.54 Å². The summed E-state index contributed by atoms with van der Waals surface area (Å²) in [5.41, 5.74) is -0.884. The number of carboxylic acids is 1. The monoisotopic (exact) mass is 170 g/mol. The van der Waals surface area contributed by atoms with Gasteiger partial charge in [-0.25, -0.2) is 6.57 Å². The van der Waals surface area contributed by atoms with Crippen molar-refractivity contribution in [2.45, 2.75) is 19.4 Å². The largest absolute Gasteiger partial charge is 0.480 e. The fraction of sp³-hybridized carbons (Fsp3) is 0.750. The summed E-state index contributed by atoms with van der Waals surface area (Å²) in [6.07, 6.45) is 0. The van der Waals surface area contributed by atoms with Gasteiger partial charge in [0.15, 0.2) is 0 Å². The SMILES string of the molecule is [C-]#[N+]CCN(C)C(C)(C)C(=O)O. The minimum Gasteiger partial charge on any atom is -0.480 e. The van der Waals surface area contributed by atoms with Crippen LogP contribution < -0.4 is 0 Å². The first-order chi connectivity index (χ1) is 5.42. The highest BCUT2D eigenvalue weighted by Gasteiger charge is 2.31. The van der Waals surface area contributed by atoms with Crippen molar-refractivity contribution >= 4 is 5.97 Å². The Morgan fingerprint density at radius 3 is 2.50 bits per heavy atom. The minimum absolute atomic E-state index is 0.340. The molecule has 0 aromatic heterocycles. The van der Waals surface area contributed by atoms with Crippen LogP contribution in [0.15, 0.2) is 0 Å². The van der Waals surface area contributed by atoms with E-state index in [1.807, 2.05) is 0 Å². The Balaban J connectivity index is 4.17. The Bertz CT molecular complexity index is 206. The fourth-order valence-corrected chi connectivity index (χ4v) is 0.643. The molecule has 0 saturated heterocycles. The Labute approximate surface area is 72.6 Å². The third kappa shape index (κ3) is 2.51. The maximum atomic E-state index is 10.7. The van der Waals surface area contributed by atoms with E-state index in [1.165, 1.54) is 0 Å². The molecule has 0 aliphatic rings. The van der Waals surface area contributed by atoms with Gasteiger partial charge in [-0.05, 0) is 20.9 Å². The van der Waals surface area contributed by atoms with Crippen molar-refractivity contribution in [3.63, 3.8) is 0 Å². The van der Waals surface area contributed by atoms with Crippen LogP contribution in [0.2, 0.25) is 0 Å². The fourth-order valence-electron chi connectivity index (χ4n) is 0.643.